The van der Waals surface area contributed by atoms with Gasteiger partial charge in [0.2, 0.25) is 0 Å². The summed E-state index contributed by atoms with van der Waals surface area (Å²) < 4.78 is 0. The third kappa shape index (κ3) is 1.80. The SMILES string of the molecule is CC1CC(C)(C)CC1(O)CCN. The first kappa shape index (κ1) is 10.0. The predicted octanol–water partition coefficient (Wildman–Crippen LogP) is 1.52. The van der Waals surface area contributed by atoms with Gasteiger partial charge in [-0.2, -0.15) is 0 Å². The summed E-state index contributed by atoms with van der Waals surface area (Å²) >= 11 is 0. The summed E-state index contributed by atoms with van der Waals surface area (Å²) in [5.74, 6) is 0.399. The fraction of sp³-hybridized carbons (Fsp3) is 1.00. The first-order chi connectivity index (χ1) is 5.40. The molecule has 0 aromatic carbocycles. The average molecular weight is 171 g/mol. The molecular formula is C10H21NO. The summed E-state index contributed by atoms with van der Waals surface area (Å²) in [6.07, 6.45) is 2.76. The quantitative estimate of drug-likeness (QED) is 0.661. The van der Waals surface area contributed by atoms with Gasteiger partial charge in [0, 0.05) is 0 Å². The van der Waals surface area contributed by atoms with Gasteiger partial charge in [-0.25, -0.2) is 0 Å². The zero-order valence-electron chi connectivity index (χ0n) is 8.43. The lowest BCUT2D eigenvalue weighted by molar-refractivity contribution is -0.00165. The van der Waals surface area contributed by atoms with E-state index in [1.165, 1.54) is 0 Å². The molecule has 0 amide bonds. The summed E-state index contributed by atoms with van der Waals surface area (Å²) in [7, 11) is 0. The Morgan fingerprint density at radius 3 is 2.42 bits per heavy atom. The molecule has 0 heterocycles. The molecule has 12 heavy (non-hydrogen) atoms. The molecule has 72 valence electrons. The second-order valence-corrected chi connectivity index (χ2v) is 5.09. The third-order valence-corrected chi connectivity index (χ3v) is 3.14. The Morgan fingerprint density at radius 1 is 1.50 bits per heavy atom. The number of nitrogens with two attached hydrogens (primary N) is 1. The van der Waals surface area contributed by atoms with Gasteiger partial charge < -0.3 is 10.8 Å². The van der Waals surface area contributed by atoms with Gasteiger partial charge in [0.1, 0.15) is 0 Å². The van der Waals surface area contributed by atoms with Crippen LogP contribution in [0.3, 0.4) is 0 Å². The van der Waals surface area contributed by atoms with Crippen LogP contribution in [-0.4, -0.2) is 17.3 Å². The Kier molecular flexibility index (Phi) is 2.50. The van der Waals surface area contributed by atoms with Crippen LogP contribution in [0, 0.1) is 11.3 Å². The second kappa shape index (κ2) is 3.00. The molecule has 0 aromatic rings. The van der Waals surface area contributed by atoms with E-state index < -0.39 is 5.60 Å². The van der Waals surface area contributed by atoms with Crippen molar-refractivity contribution in [2.45, 2.75) is 45.6 Å². The third-order valence-electron chi connectivity index (χ3n) is 3.14. The molecule has 1 rings (SSSR count). The van der Waals surface area contributed by atoms with Crippen molar-refractivity contribution in [1.29, 1.82) is 0 Å². The van der Waals surface area contributed by atoms with Gasteiger partial charge in [0.05, 0.1) is 5.60 Å². The summed E-state index contributed by atoms with van der Waals surface area (Å²) in [5, 5.41) is 10.2. The molecule has 2 unspecified atom stereocenters. The molecule has 0 saturated heterocycles. The van der Waals surface area contributed by atoms with Gasteiger partial charge in [-0.3, -0.25) is 0 Å². The largest absolute Gasteiger partial charge is 0.390 e. The normalized spacial score (nSPS) is 40.2. The Morgan fingerprint density at radius 2 is 2.08 bits per heavy atom. The van der Waals surface area contributed by atoms with Crippen LogP contribution in [0.1, 0.15) is 40.0 Å². The molecule has 2 heteroatoms. The molecule has 0 aromatic heterocycles. The minimum atomic E-state index is -0.488. The van der Waals surface area contributed by atoms with E-state index in [1.54, 1.807) is 0 Å². The monoisotopic (exact) mass is 171 g/mol. The van der Waals surface area contributed by atoms with Gasteiger partial charge >= 0.3 is 0 Å². The van der Waals surface area contributed by atoms with Crippen LogP contribution in [0.25, 0.3) is 0 Å². The van der Waals surface area contributed by atoms with Crippen molar-refractivity contribution in [2.75, 3.05) is 6.54 Å². The first-order valence-electron chi connectivity index (χ1n) is 4.82. The van der Waals surface area contributed by atoms with E-state index in [1.807, 2.05) is 0 Å². The van der Waals surface area contributed by atoms with Crippen LogP contribution in [0.5, 0.6) is 0 Å². The van der Waals surface area contributed by atoms with E-state index in [-0.39, 0.29) is 0 Å². The smallest absolute Gasteiger partial charge is 0.0690 e. The Bertz CT molecular complexity index is 167. The van der Waals surface area contributed by atoms with Crippen molar-refractivity contribution >= 4 is 0 Å². The molecule has 0 aliphatic heterocycles. The topological polar surface area (TPSA) is 46.2 Å². The first-order valence-corrected chi connectivity index (χ1v) is 4.82. The van der Waals surface area contributed by atoms with E-state index in [2.05, 4.69) is 20.8 Å². The highest BCUT2D eigenvalue weighted by Gasteiger charge is 2.46. The van der Waals surface area contributed by atoms with E-state index in [0.29, 0.717) is 17.9 Å². The maximum atomic E-state index is 10.2. The van der Waals surface area contributed by atoms with Gasteiger partial charge in [-0.1, -0.05) is 20.8 Å². The molecule has 0 spiro atoms. The van der Waals surface area contributed by atoms with Crippen LogP contribution < -0.4 is 5.73 Å². The highest BCUT2D eigenvalue weighted by Crippen LogP contribution is 2.48. The van der Waals surface area contributed by atoms with Gasteiger partial charge in [-0.15, -0.1) is 0 Å². The highest BCUT2D eigenvalue weighted by molar-refractivity contribution is 4.98. The Labute approximate surface area is 75.2 Å². The Balaban J connectivity index is 2.67. The average Bonchev–Trinajstić information content (AvgIpc) is 2.02. The van der Waals surface area contributed by atoms with Crippen molar-refractivity contribution < 1.29 is 5.11 Å². The predicted molar refractivity (Wildman–Crippen MR) is 50.8 cm³/mol. The van der Waals surface area contributed by atoms with Gasteiger partial charge in [0.15, 0.2) is 0 Å². The maximum absolute atomic E-state index is 10.2. The lowest BCUT2D eigenvalue weighted by atomic mass is 9.87. The molecule has 2 nitrogen and oxygen atoms in total. The molecule has 2 atom stereocenters. The molecule has 1 aliphatic rings. The van der Waals surface area contributed by atoms with Crippen molar-refractivity contribution in [3.63, 3.8) is 0 Å². The molecular weight excluding hydrogens is 150 g/mol. The van der Waals surface area contributed by atoms with Gasteiger partial charge in [-0.05, 0) is 37.1 Å². The summed E-state index contributed by atoms with van der Waals surface area (Å²) in [6, 6.07) is 0. The van der Waals surface area contributed by atoms with Crippen LogP contribution in [0.15, 0.2) is 0 Å². The van der Waals surface area contributed by atoms with Crippen molar-refractivity contribution in [3.05, 3.63) is 0 Å². The molecule has 0 radical (unpaired) electrons. The van der Waals surface area contributed by atoms with Crippen LogP contribution in [-0.2, 0) is 0 Å². The van der Waals surface area contributed by atoms with Crippen LogP contribution in [0.4, 0.5) is 0 Å². The number of rotatable bonds is 2. The van der Waals surface area contributed by atoms with Crippen molar-refractivity contribution in [3.8, 4) is 0 Å². The van der Waals surface area contributed by atoms with Crippen molar-refractivity contribution in [1.82, 2.24) is 0 Å². The maximum Gasteiger partial charge on any atom is 0.0690 e. The highest BCUT2D eigenvalue weighted by atomic mass is 16.3. The number of hydrogen-bond acceptors (Lipinski definition) is 2. The standard InChI is InChI=1S/C10H21NO/c1-8-6-9(2,3)7-10(8,12)4-5-11/h8,12H,4-7,11H2,1-3H3. The summed E-state index contributed by atoms with van der Waals surface area (Å²) in [6.45, 7) is 7.16. The van der Waals surface area contributed by atoms with Crippen LogP contribution in [0.2, 0.25) is 0 Å². The molecule has 0 bridgehead atoms. The minimum Gasteiger partial charge on any atom is -0.390 e. The molecule has 1 fully saturated rings. The summed E-state index contributed by atoms with van der Waals surface area (Å²) in [4.78, 5) is 0. The fourth-order valence-corrected chi connectivity index (χ4v) is 2.68. The molecule has 1 aliphatic carbocycles. The van der Waals surface area contributed by atoms with Gasteiger partial charge in [0.25, 0.3) is 0 Å². The zero-order chi connectivity index (χ0) is 9.41. The lowest BCUT2D eigenvalue weighted by Gasteiger charge is -2.27. The summed E-state index contributed by atoms with van der Waals surface area (Å²) in [5.41, 5.74) is 5.29. The van der Waals surface area contributed by atoms with E-state index in [4.69, 9.17) is 5.73 Å². The van der Waals surface area contributed by atoms with E-state index in [9.17, 15) is 5.11 Å². The minimum absolute atomic E-state index is 0.295. The van der Waals surface area contributed by atoms with Crippen LogP contribution >= 0.6 is 0 Å². The number of hydrogen-bond donors (Lipinski definition) is 2. The van der Waals surface area contributed by atoms with E-state index >= 15 is 0 Å². The van der Waals surface area contributed by atoms with Crippen molar-refractivity contribution in [2.24, 2.45) is 17.1 Å². The molecule has 1 saturated carbocycles. The second-order valence-electron chi connectivity index (χ2n) is 5.09. The fourth-order valence-electron chi connectivity index (χ4n) is 2.68. The Hall–Kier alpha value is -0.0800. The van der Waals surface area contributed by atoms with E-state index in [0.717, 1.165) is 19.3 Å². The zero-order valence-corrected chi connectivity index (χ0v) is 8.43. The number of aliphatic hydroxyl groups is 1. The molecule has 3 N–H and O–H groups in total. The lowest BCUT2D eigenvalue weighted by Crippen LogP contribution is -2.34.